The molecule has 0 spiro atoms. The maximum Gasteiger partial charge on any atom is 0.337 e. The summed E-state index contributed by atoms with van der Waals surface area (Å²) >= 11 is 0. The van der Waals surface area contributed by atoms with Crippen molar-refractivity contribution in [2.45, 2.75) is 12.7 Å². The lowest BCUT2D eigenvalue weighted by Gasteiger charge is -2.21. The summed E-state index contributed by atoms with van der Waals surface area (Å²) in [6, 6.07) is 0. The molecule has 0 radical (unpaired) electrons. The Kier molecular flexibility index (Phi) is 6.36. The SMILES string of the molecule is COC(=O)C(NC(C)=O)P(OC)OC. The molecule has 0 aromatic carbocycles. The van der Waals surface area contributed by atoms with Crippen molar-refractivity contribution in [3.05, 3.63) is 0 Å². The topological polar surface area (TPSA) is 73.9 Å². The van der Waals surface area contributed by atoms with E-state index in [0.29, 0.717) is 0 Å². The Hall–Kier alpha value is -0.710. The van der Waals surface area contributed by atoms with Gasteiger partial charge < -0.3 is 19.1 Å². The predicted molar refractivity (Wildman–Crippen MR) is 50.6 cm³/mol. The van der Waals surface area contributed by atoms with Crippen molar-refractivity contribution in [1.82, 2.24) is 5.32 Å². The van der Waals surface area contributed by atoms with E-state index in [4.69, 9.17) is 9.05 Å². The quantitative estimate of drug-likeness (QED) is 0.533. The number of carbonyl (C=O) groups excluding carboxylic acids is 2. The molecule has 0 fully saturated rings. The number of ether oxygens (including phenoxy) is 1. The number of methoxy groups -OCH3 is 1. The minimum absolute atomic E-state index is 0.345. The Morgan fingerprint density at radius 2 is 1.71 bits per heavy atom. The Balaban J connectivity index is 4.51. The molecule has 0 aliphatic heterocycles. The van der Waals surface area contributed by atoms with E-state index in [1.165, 1.54) is 28.3 Å². The third kappa shape index (κ3) is 4.00. The van der Waals surface area contributed by atoms with Crippen molar-refractivity contribution >= 4 is 20.3 Å². The van der Waals surface area contributed by atoms with Crippen molar-refractivity contribution in [2.24, 2.45) is 0 Å². The van der Waals surface area contributed by atoms with E-state index in [2.05, 4.69) is 10.1 Å². The van der Waals surface area contributed by atoms with Gasteiger partial charge in [0.25, 0.3) is 0 Å². The molecule has 0 saturated carbocycles. The highest BCUT2D eigenvalue weighted by Crippen LogP contribution is 2.40. The van der Waals surface area contributed by atoms with E-state index in [-0.39, 0.29) is 5.91 Å². The number of rotatable bonds is 5. The van der Waals surface area contributed by atoms with Gasteiger partial charge in [0.2, 0.25) is 14.3 Å². The molecule has 1 unspecified atom stereocenters. The fourth-order valence-electron chi connectivity index (χ4n) is 0.787. The van der Waals surface area contributed by atoms with Crippen molar-refractivity contribution in [3.8, 4) is 0 Å². The van der Waals surface area contributed by atoms with Crippen LogP contribution in [0.1, 0.15) is 6.92 Å². The number of hydrogen-bond donors (Lipinski definition) is 1. The van der Waals surface area contributed by atoms with E-state index in [9.17, 15) is 9.59 Å². The molecule has 82 valence electrons. The van der Waals surface area contributed by atoms with Crippen LogP contribution in [0.5, 0.6) is 0 Å². The summed E-state index contributed by atoms with van der Waals surface area (Å²) in [5, 5.41) is 2.40. The van der Waals surface area contributed by atoms with Crippen molar-refractivity contribution in [2.75, 3.05) is 21.3 Å². The Morgan fingerprint density at radius 1 is 1.21 bits per heavy atom. The lowest BCUT2D eigenvalue weighted by atomic mass is 10.6. The number of esters is 1. The van der Waals surface area contributed by atoms with Gasteiger partial charge in [0.05, 0.1) is 7.11 Å². The third-order valence-corrected chi connectivity index (χ3v) is 2.82. The summed E-state index contributed by atoms with van der Waals surface area (Å²) < 4.78 is 14.3. The molecule has 0 bridgehead atoms. The Labute approximate surface area is 83.8 Å². The monoisotopic (exact) mass is 223 g/mol. The van der Waals surface area contributed by atoms with Gasteiger partial charge in [0, 0.05) is 21.1 Å². The van der Waals surface area contributed by atoms with Gasteiger partial charge >= 0.3 is 5.97 Å². The van der Waals surface area contributed by atoms with Gasteiger partial charge in [-0.25, -0.2) is 4.79 Å². The summed E-state index contributed by atoms with van der Waals surface area (Å²) in [5.74, 6) is -1.82. The van der Waals surface area contributed by atoms with Crippen LogP contribution < -0.4 is 5.32 Å². The highest BCUT2D eigenvalue weighted by Gasteiger charge is 2.31. The minimum atomic E-state index is -1.50. The molecular formula is C7H14NO5P. The first-order chi connectivity index (χ1) is 6.56. The van der Waals surface area contributed by atoms with Gasteiger partial charge in [-0.15, -0.1) is 0 Å². The smallest absolute Gasteiger partial charge is 0.337 e. The molecule has 7 heteroatoms. The van der Waals surface area contributed by atoms with Gasteiger partial charge in [-0.05, 0) is 0 Å². The average molecular weight is 223 g/mol. The summed E-state index contributed by atoms with van der Waals surface area (Å²) in [4.78, 5) is 22.0. The zero-order valence-corrected chi connectivity index (χ0v) is 9.46. The molecule has 6 nitrogen and oxygen atoms in total. The number of nitrogens with one attached hydrogen (secondary N) is 1. The van der Waals surface area contributed by atoms with Gasteiger partial charge in [-0.3, -0.25) is 4.79 Å². The summed E-state index contributed by atoms with van der Waals surface area (Å²) in [5.41, 5.74) is 0. The Morgan fingerprint density at radius 3 is 2.00 bits per heavy atom. The minimum Gasteiger partial charge on any atom is -0.467 e. The van der Waals surface area contributed by atoms with Crippen LogP contribution in [0.2, 0.25) is 0 Å². The fourth-order valence-corrected chi connectivity index (χ4v) is 1.92. The molecule has 1 atom stereocenters. The molecule has 1 amide bonds. The number of carbonyl (C=O) groups is 2. The maximum absolute atomic E-state index is 11.2. The first-order valence-corrected chi connectivity index (χ1v) is 5.03. The molecule has 0 aliphatic carbocycles. The first-order valence-electron chi connectivity index (χ1n) is 3.79. The fraction of sp³-hybridized carbons (Fsp3) is 0.714. The van der Waals surface area contributed by atoms with Crippen LogP contribution in [0.15, 0.2) is 0 Å². The van der Waals surface area contributed by atoms with Gasteiger partial charge in [-0.2, -0.15) is 0 Å². The standard InChI is InChI=1S/C7H14NO5P/c1-5(9)8-6(7(10)11-2)14(12-3)13-4/h6H,1-4H3,(H,8,9). The predicted octanol–water partition coefficient (Wildman–Crippen LogP) is 0.226. The highest BCUT2D eigenvalue weighted by atomic mass is 31.2. The third-order valence-electron chi connectivity index (χ3n) is 1.34. The second-order valence-corrected chi connectivity index (χ2v) is 4.09. The summed E-state index contributed by atoms with van der Waals surface area (Å²) in [7, 11) is 2.52. The van der Waals surface area contributed by atoms with Crippen LogP contribution in [0.25, 0.3) is 0 Å². The van der Waals surface area contributed by atoms with E-state index in [0.717, 1.165) is 0 Å². The lowest BCUT2D eigenvalue weighted by molar-refractivity contribution is -0.142. The van der Waals surface area contributed by atoms with E-state index < -0.39 is 20.1 Å². The van der Waals surface area contributed by atoms with Crippen LogP contribution in [-0.4, -0.2) is 39.0 Å². The van der Waals surface area contributed by atoms with Crippen LogP contribution in [0, 0.1) is 0 Å². The van der Waals surface area contributed by atoms with Gasteiger partial charge in [-0.1, -0.05) is 0 Å². The van der Waals surface area contributed by atoms with Crippen molar-refractivity contribution in [1.29, 1.82) is 0 Å². The van der Waals surface area contributed by atoms with Gasteiger partial charge in [0.1, 0.15) is 0 Å². The second-order valence-electron chi connectivity index (χ2n) is 2.28. The maximum atomic E-state index is 11.2. The molecule has 14 heavy (non-hydrogen) atoms. The van der Waals surface area contributed by atoms with Crippen LogP contribution in [-0.2, 0) is 23.4 Å². The molecule has 0 rings (SSSR count). The average Bonchev–Trinajstić information content (AvgIpc) is 2.16. The van der Waals surface area contributed by atoms with E-state index >= 15 is 0 Å². The largest absolute Gasteiger partial charge is 0.467 e. The summed E-state index contributed by atoms with van der Waals surface area (Å²) in [6.45, 7) is 1.30. The van der Waals surface area contributed by atoms with Crippen molar-refractivity contribution in [3.63, 3.8) is 0 Å². The highest BCUT2D eigenvalue weighted by molar-refractivity contribution is 7.49. The van der Waals surface area contributed by atoms with Crippen LogP contribution >= 0.6 is 8.38 Å². The number of amides is 1. The molecule has 1 N–H and O–H groups in total. The molecule has 0 aliphatic rings. The van der Waals surface area contributed by atoms with Crippen LogP contribution in [0.3, 0.4) is 0 Å². The molecular weight excluding hydrogens is 209 g/mol. The first kappa shape index (κ1) is 13.3. The normalized spacial score (nSPS) is 12.4. The molecule has 0 heterocycles. The Bertz CT molecular complexity index is 206. The molecule has 0 aromatic rings. The lowest BCUT2D eigenvalue weighted by Crippen LogP contribution is -2.39. The summed E-state index contributed by atoms with van der Waals surface area (Å²) in [6.07, 6.45) is 0. The van der Waals surface area contributed by atoms with E-state index in [1.807, 2.05) is 0 Å². The van der Waals surface area contributed by atoms with Crippen molar-refractivity contribution < 1.29 is 23.4 Å². The zero-order valence-electron chi connectivity index (χ0n) is 8.57. The molecule has 0 aromatic heterocycles. The zero-order chi connectivity index (χ0) is 11.1. The van der Waals surface area contributed by atoms with E-state index in [1.54, 1.807) is 0 Å². The van der Waals surface area contributed by atoms with Gasteiger partial charge in [0.15, 0.2) is 5.78 Å². The van der Waals surface area contributed by atoms with Crippen LogP contribution in [0.4, 0.5) is 0 Å². The number of hydrogen-bond acceptors (Lipinski definition) is 5. The second kappa shape index (κ2) is 6.70. The molecule has 0 saturated heterocycles.